The van der Waals surface area contributed by atoms with Crippen molar-refractivity contribution in [1.29, 1.82) is 0 Å². The maximum Gasteiger partial charge on any atom is 0.228 e. The van der Waals surface area contributed by atoms with Crippen LogP contribution in [0.1, 0.15) is 24.5 Å². The van der Waals surface area contributed by atoms with Crippen molar-refractivity contribution in [2.75, 3.05) is 13.7 Å². The lowest BCUT2D eigenvalue weighted by molar-refractivity contribution is -0.122. The molecule has 1 N–H and O–H groups in total. The molecule has 0 aliphatic rings. The first kappa shape index (κ1) is 16.7. The van der Waals surface area contributed by atoms with Gasteiger partial charge < -0.3 is 14.8 Å². The summed E-state index contributed by atoms with van der Waals surface area (Å²) < 4.78 is 7.05. The van der Waals surface area contributed by atoms with E-state index in [1.54, 1.807) is 30.9 Å². The number of nitrogens with zero attached hydrogens (tertiary/aromatic N) is 2. The van der Waals surface area contributed by atoms with Crippen LogP contribution in [-0.4, -0.2) is 41.9 Å². The first-order valence-corrected chi connectivity index (χ1v) is 7.31. The number of ether oxygens (including phenoxy) is 1. The molecule has 1 atom stereocenters. The van der Waals surface area contributed by atoms with Gasteiger partial charge in [0.2, 0.25) is 5.91 Å². The lowest BCUT2D eigenvalue weighted by atomic mass is 9.96. The van der Waals surface area contributed by atoms with Crippen LogP contribution in [0.15, 0.2) is 18.2 Å². The number of nitrogens with one attached hydrogen (secondary N) is 1. The van der Waals surface area contributed by atoms with E-state index in [0.29, 0.717) is 29.7 Å². The zero-order valence-electron chi connectivity index (χ0n) is 13.1. The molecule has 7 nitrogen and oxygen atoms in total. The van der Waals surface area contributed by atoms with Crippen LogP contribution < -0.4 is 10.1 Å². The van der Waals surface area contributed by atoms with Crippen LogP contribution in [0.2, 0.25) is 0 Å². The molecule has 1 aromatic heterocycles. The summed E-state index contributed by atoms with van der Waals surface area (Å²) in [6, 6.07) is 5.38. The van der Waals surface area contributed by atoms with Crippen LogP contribution in [0.3, 0.4) is 0 Å². The van der Waals surface area contributed by atoms with Crippen molar-refractivity contribution >= 4 is 29.4 Å². The van der Waals surface area contributed by atoms with Gasteiger partial charge >= 0.3 is 0 Å². The molecule has 2 aromatic rings. The van der Waals surface area contributed by atoms with Crippen LogP contribution in [0.25, 0.3) is 10.9 Å². The summed E-state index contributed by atoms with van der Waals surface area (Å²) in [6.45, 7) is -0.0519. The number of aldehydes is 2. The van der Waals surface area contributed by atoms with Gasteiger partial charge in [-0.25, -0.2) is 0 Å². The number of benzene rings is 1. The molecular weight excluding hydrogens is 298 g/mol. The minimum Gasteiger partial charge on any atom is -0.484 e. The van der Waals surface area contributed by atoms with E-state index >= 15 is 0 Å². The van der Waals surface area contributed by atoms with Gasteiger partial charge in [0.15, 0.2) is 6.29 Å². The summed E-state index contributed by atoms with van der Waals surface area (Å²) in [5.74, 6) is -0.178. The molecule has 0 bridgehead atoms. The van der Waals surface area contributed by atoms with Gasteiger partial charge in [-0.15, -0.1) is 0 Å². The standard InChI is InChI=1S/C16H19N3O4/c1-17-16(22)12(6-4-8-20)14-11-5-3-7-13(23-10-9-21)15(11)19(2)18-14/h3,5,7-9,12H,4,6,10H2,1-2H3,(H,17,22). The van der Waals surface area contributed by atoms with Crippen LogP contribution in [0.4, 0.5) is 0 Å². The van der Waals surface area contributed by atoms with Gasteiger partial charge in [0, 0.05) is 25.9 Å². The summed E-state index contributed by atoms with van der Waals surface area (Å²) in [5, 5.41) is 7.84. The molecule has 2 rings (SSSR count). The molecular formula is C16H19N3O4. The summed E-state index contributed by atoms with van der Waals surface area (Å²) in [6.07, 6.45) is 2.12. The number of fused-ring (bicyclic) bond motifs is 1. The van der Waals surface area contributed by atoms with Crippen molar-refractivity contribution in [3.63, 3.8) is 0 Å². The topological polar surface area (TPSA) is 90.3 Å². The largest absolute Gasteiger partial charge is 0.484 e. The maximum atomic E-state index is 12.2. The summed E-state index contributed by atoms with van der Waals surface area (Å²) in [4.78, 5) is 33.4. The van der Waals surface area contributed by atoms with Gasteiger partial charge in [-0.1, -0.05) is 12.1 Å². The molecule has 0 aliphatic heterocycles. The van der Waals surface area contributed by atoms with Crippen LogP contribution >= 0.6 is 0 Å². The average molecular weight is 317 g/mol. The van der Waals surface area contributed by atoms with Gasteiger partial charge in [0.1, 0.15) is 24.2 Å². The lowest BCUT2D eigenvalue weighted by Crippen LogP contribution is -2.26. The minimum absolute atomic E-state index is 0.0519. The zero-order chi connectivity index (χ0) is 16.8. The van der Waals surface area contributed by atoms with Crippen molar-refractivity contribution in [3.8, 4) is 5.75 Å². The molecule has 122 valence electrons. The molecule has 0 radical (unpaired) electrons. The number of likely N-dealkylation sites (N-methyl/N-ethyl adjacent to an activating group) is 1. The molecule has 1 unspecified atom stereocenters. The predicted octanol–water partition coefficient (Wildman–Crippen LogP) is 0.960. The molecule has 0 fully saturated rings. The second kappa shape index (κ2) is 7.53. The average Bonchev–Trinajstić information content (AvgIpc) is 2.90. The fourth-order valence-corrected chi connectivity index (χ4v) is 2.63. The van der Waals surface area contributed by atoms with Crippen LogP contribution in [-0.2, 0) is 21.4 Å². The number of carbonyl (C=O) groups is 3. The predicted molar refractivity (Wildman–Crippen MR) is 84.4 cm³/mol. The van der Waals surface area contributed by atoms with Gasteiger partial charge in [-0.3, -0.25) is 14.3 Å². The smallest absolute Gasteiger partial charge is 0.228 e. The number of hydrogen-bond donors (Lipinski definition) is 1. The molecule has 1 aromatic carbocycles. The van der Waals surface area contributed by atoms with Gasteiger partial charge in [0.05, 0.1) is 11.6 Å². The Bertz CT molecular complexity index is 723. The molecule has 0 saturated carbocycles. The Kier molecular flexibility index (Phi) is 5.46. The number of para-hydroxylation sites is 1. The second-order valence-electron chi connectivity index (χ2n) is 5.05. The molecule has 23 heavy (non-hydrogen) atoms. The number of carbonyl (C=O) groups excluding carboxylic acids is 3. The molecule has 0 aliphatic carbocycles. The van der Waals surface area contributed by atoms with E-state index in [2.05, 4.69) is 10.4 Å². The first-order chi connectivity index (χ1) is 11.1. The Hall–Kier alpha value is -2.70. The number of amides is 1. The van der Waals surface area contributed by atoms with E-state index in [0.717, 1.165) is 11.7 Å². The summed E-state index contributed by atoms with van der Waals surface area (Å²) >= 11 is 0. The van der Waals surface area contributed by atoms with Gasteiger partial charge in [0.25, 0.3) is 0 Å². The minimum atomic E-state index is -0.518. The maximum absolute atomic E-state index is 12.2. The Morgan fingerprint density at radius 1 is 1.39 bits per heavy atom. The van der Waals surface area contributed by atoms with Crippen LogP contribution in [0, 0.1) is 0 Å². The van der Waals surface area contributed by atoms with E-state index in [4.69, 9.17) is 4.74 Å². The third-order valence-electron chi connectivity index (χ3n) is 3.63. The fourth-order valence-electron chi connectivity index (χ4n) is 2.63. The van der Waals surface area contributed by atoms with Gasteiger partial charge in [-0.05, 0) is 12.5 Å². The third kappa shape index (κ3) is 3.39. The molecule has 0 saturated heterocycles. The quantitative estimate of drug-likeness (QED) is 0.732. The Balaban J connectivity index is 2.53. The van der Waals surface area contributed by atoms with Gasteiger partial charge in [-0.2, -0.15) is 5.10 Å². The lowest BCUT2D eigenvalue weighted by Gasteiger charge is -2.12. The molecule has 0 spiro atoms. The highest BCUT2D eigenvalue weighted by molar-refractivity contribution is 5.93. The third-order valence-corrected chi connectivity index (χ3v) is 3.63. The number of rotatable bonds is 8. The second-order valence-corrected chi connectivity index (χ2v) is 5.05. The monoisotopic (exact) mass is 317 g/mol. The molecule has 7 heteroatoms. The Morgan fingerprint density at radius 2 is 2.17 bits per heavy atom. The van der Waals surface area contributed by atoms with E-state index in [1.165, 1.54) is 0 Å². The Labute approximate surface area is 133 Å². The van der Waals surface area contributed by atoms with E-state index in [-0.39, 0.29) is 18.9 Å². The Morgan fingerprint density at radius 3 is 2.83 bits per heavy atom. The SMILES string of the molecule is CNC(=O)C(CCC=O)c1nn(C)c2c(OCC=O)cccc12. The normalized spacial score (nSPS) is 11.9. The van der Waals surface area contributed by atoms with Crippen molar-refractivity contribution in [2.24, 2.45) is 7.05 Å². The van der Waals surface area contributed by atoms with Crippen molar-refractivity contribution in [2.45, 2.75) is 18.8 Å². The molecule has 1 heterocycles. The number of aryl methyl sites for hydroxylation is 1. The van der Waals surface area contributed by atoms with E-state index in [9.17, 15) is 14.4 Å². The molecule has 1 amide bonds. The summed E-state index contributed by atoms with van der Waals surface area (Å²) in [5.41, 5.74) is 1.31. The fraction of sp³-hybridized carbons (Fsp3) is 0.375. The first-order valence-electron chi connectivity index (χ1n) is 7.31. The van der Waals surface area contributed by atoms with Crippen LogP contribution in [0.5, 0.6) is 5.75 Å². The highest BCUT2D eigenvalue weighted by Crippen LogP contribution is 2.32. The van der Waals surface area contributed by atoms with E-state index < -0.39 is 5.92 Å². The summed E-state index contributed by atoms with van der Waals surface area (Å²) in [7, 11) is 3.31. The zero-order valence-corrected chi connectivity index (χ0v) is 13.1. The highest BCUT2D eigenvalue weighted by Gasteiger charge is 2.26. The van der Waals surface area contributed by atoms with Crippen molar-refractivity contribution < 1.29 is 19.1 Å². The highest BCUT2D eigenvalue weighted by atomic mass is 16.5. The van der Waals surface area contributed by atoms with E-state index in [1.807, 2.05) is 6.07 Å². The number of hydrogen-bond acceptors (Lipinski definition) is 5. The van der Waals surface area contributed by atoms with Crippen molar-refractivity contribution in [3.05, 3.63) is 23.9 Å². The number of aromatic nitrogens is 2. The van der Waals surface area contributed by atoms with Crippen molar-refractivity contribution in [1.82, 2.24) is 15.1 Å².